The zero-order valence-corrected chi connectivity index (χ0v) is 17.3. The molecule has 29 heavy (non-hydrogen) atoms. The van der Waals surface area contributed by atoms with E-state index in [9.17, 15) is 4.79 Å². The van der Waals surface area contributed by atoms with Crippen LogP contribution in [0.4, 0.5) is 0 Å². The first-order valence-electron chi connectivity index (χ1n) is 10.3. The number of halogens is 1. The molecule has 0 aromatic heterocycles. The van der Waals surface area contributed by atoms with Crippen LogP contribution in [0.2, 0.25) is 0 Å². The van der Waals surface area contributed by atoms with Crippen LogP contribution in [0.1, 0.15) is 36.4 Å². The average molecular weight is 407 g/mol. The fourth-order valence-corrected chi connectivity index (χ4v) is 4.93. The average Bonchev–Trinajstić information content (AvgIpc) is 3.45. The second-order valence-electron chi connectivity index (χ2n) is 8.29. The van der Waals surface area contributed by atoms with Crippen LogP contribution in [0.3, 0.4) is 0 Å². The smallest absolute Gasteiger partial charge is 0.224 e. The highest BCUT2D eigenvalue weighted by Gasteiger charge is 2.57. The van der Waals surface area contributed by atoms with Crippen molar-refractivity contribution in [3.05, 3.63) is 83.9 Å². The summed E-state index contributed by atoms with van der Waals surface area (Å²) in [7, 11) is 0. The molecule has 2 N–H and O–H groups in total. The van der Waals surface area contributed by atoms with Gasteiger partial charge in [-0.25, -0.2) is 0 Å². The molecule has 0 radical (unpaired) electrons. The van der Waals surface area contributed by atoms with E-state index in [1.807, 2.05) is 18.2 Å². The number of amides is 1. The third-order valence-corrected chi connectivity index (χ3v) is 6.66. The first-order valence-corrected chi connectivity index (χ1v) is 10.3. The Hall–Kier alpha value is -2.36. The summed E-state index contributed by atoms with van der Waals surface area (Å²) in [5.41, 5.74) is 2.54. The molecule has 2 atom stereocenters. The van der Waals surface area contributed by atoms with Gasteiger partial charge in [-0.05, 0) is 59.7 Å². The molecule has 2 aliphatic rings. The summed E-state index contributed by atoms with van der Waals surface area (Å²) in [5.74, 6) is 0.375. The minimum Gasteiger partial charge on any atom is -0.345 e. The molecule has 4 heteroatoms. The van der Waals surface area contributed by atoms with Crippen molar-refractivity contribution in [3.63, 3.8) is 0 Å². The van der Waals surface area contributed by atoms with E-state index >= 15 is 0 Å². The first kappa shape index (κ1) is 19.9. The molecule has 1 amide bonds. The van der Waals surface area contributed by atoms with Gasteiger partial charge in [-0.15, -0.1) is 12.4 Å². The van der Waals surface area contributed by atoms with Crippen LogP contribution in [0, 0.1) is 11.3 Å². The molecular weight excluding hydrogens is 380 g/mol. The Balaban J connectivity index is 0.00000205. The van der Waals surface area contributed by atoms with Crippen LogP contribution in [0.5, 0.6) is 0 Å². The molecule has 1 saturated heterocycles. The van der Waals surface area contributed by atoms with Crippen molar-refractivity contribution >= 4 is 29.1 Å². The Morgan fingerprint density at radius 3 is 2.41 bits per heavy atom. The molecule has 2 unspecified atom stereocenters. The standard InChI is InChI=1S/C25H26N2O.ClH/c28-24(22-17-25(22)13-15-26-16-14-25)27-23(19-8-2-1-3-9-19)21-12-6-10-18-7-4-5-11-20(18)21;/h1-12,22-23,26H,13-17H2,(H,27,28);1H. The van der Waals surface area contributed by atoms with Gasteiger partial charge in [0.2, 0.25) is 5.91 Å². The maximum absolute atomic E-state index is 13.2. The third-order valence-electron chi connectivity index (χ3n) is 6.66. The second-order valence-corrected chi connectivity index (χ2v) is 8.29. The van der Waals surface area contributed by atoms with E-state index in [1.54, 1.807) is 0 Å². The summed E-state index contributed by atoms with van der Waals surface area (Å²) >= 11 is 0. The molecule has 3 nitrogen and oxygen atoms in total. The van der Waals surface area contributed by atoms with Crippen molar-refractivity contribution in [1.82, 2.24) is 10.6 Å². The van der Waals surface area contributed by atoms with Crippen molar-refractivity contribution in [1.29, 1.82) is 0 Å². The highest BCUT2D eigenvalue weighted by Crippen LogP contribution is 2.58. The number of hydrogen-bond donors (Lipinski definition) is 2. The molecule has 5 rings (SSSR count). The van der Waals surface area contributed by atoms with Gasteiger partial charge in [0.1, 0.15) is 0 Å². The summed E-state index contributed by atoms with van der Waals surface area (Å²) in [6, 6.07) is 25.0. The lowest BCUT2D eigenvalue weighted by Crippen LogP contribution is -2.35. The van der Waals surface area contributed by atoms with Gasteiger partial charge < -0.3 is 10.6 Å². The predicted octanol–water partition coefficient (Wildman–Crippen LogP) is 4.86. The van der Waals surface area contributed by atoms with E-state index < -0.39 is 0 Å². The Labute approximate surface area is 178 Å². The summed E-state index contributed by atoms with van der Waals surface area (Å²) in [6.07, 6.45) is 3.28. The molecule has 1 aliphatic heterocycles. The van der Waals surface area contributed by atoms with Gasteiger partial charge in [0.25, 0.3) is 0 Å². The van der Waals surface area contributed by atoms with E-state index in [0.717, 1.165) is 43.5 Å². The number of nitrogens with one attached hydrogen (secondary N) is 2. The summed E-state index contributed by atoms with van der Waals surface area (Å²) in [5, 5.41) is 9.24. The number of fused-ring (bicyclic) bond motifs is 1. The number of hydrogen-bond acceptors (Lipinski definition) is 2. The van der Waals surface area contributed by atoms with Crippen LogP contribution < -0.4 is 10.6 Å². The number of carbonyl (C=O) groups excluding carboxylic acids is 1. The maximum Gasteiger partial charge on any atom is 0.224 e. The van der Waals surface area contributed by atoms with Crippen molar-refractivity contribution in [3.8, 4) is 0 Å². The normalized spacial score (nSPS) is 20.6. The first-order chi connectivity index (χ1) is 13.8. The van der Waals surface area contributed by atoms with E-state index in [1.165, 1.54) is 10.8 Å². The molecule has 3 aromatic rings. The molecule has 1 aliphatic carbocycles. The fourth-order valence-electron chi connectivity index (χ4n) is 4.93. The van der Waals surface area contributed by atoms with Crippen LogP contribution in [0.15, 0.2) is 72.8 Å². The highest BCUT2D eigenvalue weighted by molar-refractivity contribution is 5.88. The van der Waals surface area contributed by atoms with Crippen LogP contribution in [0.25, 0.3) is 10.8 Å². The zero-order valence-electron chi connectivity index (χ0n) is 16.4. The Morgan fingerprint density at radius 1 is 0.931 bits per heavy atom. The number of benzene rings is 3. The summed E-state index contributed by atoms with van der Waals surface area (Å²) < 4.78 is 0. The molecule has 2 fully saturated rings. The molecule has 1 spiro atoms. The lowest BCUT2D eigenvalue weighted by atomic mass is 9.90. The van der Waals surface area contributed by atoms with E-state index in [0.29, 0.717) is 0 Å². The van der Waals surface area contributed by atoms with Gasteiger partial charge in [-0.2, -0.15) is 0 Å². The van der Waals surface area contributed by atoms with E-state index in [4.69, 9.17) is 0 Å². The van der Waals surface area contributed by atoms with E-state index in [2.05, 4.69) is 65.2 Å². The topological polar surface area (TPSA) is 41.1 Å². The quantitative estimate of drug-likeness (QED) is 0.649. The summed E-state index contributed by atoms with van der Waals surface area (Å²) in [6.45, 7) is 2.07. The Kier molecular flexibility index (Phi) is 5.62. The number of rotatable bonds is 4. The van der Waals surface area contributed by atoms with Gasteiger partial charge in [0, 0.05) is 5.92 Å². The number of piperidine rings is 1. The van der Waals surface area contributed by atoms with Crippen LogP contribution in [-0.2, 0) is 4.79 Å². The van der Waals surface area contributed by atoms with Crippen LogP contribution in [-0.4, -0.2) is 19.0 Å². The van der Waals surface area contributed by atoms with Crippen LogP contribution >= 0.6 is 12.4 Å². The molecule has 3 aromatic carbocycles. The molecule has 0 bridgehead atoms. The molecule has 150 valence electrons. The maximum atomic E-state index is 13.2. The summed E-state index contributed by atoms with van der Waals surface area (Å²) in [4.78, 5) is 13.2. The second kappa shape index (κ2) is 8.17. The van der Waals surface area contributed by atoms with Gasteiger partial charge in [-0.1, -0.05) is 72.8 Å². The van der Waals surface area contributed by atoms with Crippen molar-refractivity contribution < 1.29 is 4.79 Å². The van der Waals surface area contributed by atoms with Gasteiger partial charge in [-0.3, -0.25) is 4.79 Å². The predicted molar refractivity (Wildman–Crippen MR) is 120 cm³/mol. The molecule has 1 heterocycles. The SMILES string of the molecule is Cl.O=C(NC(c1ccccc1)c1cccc2ccccc12)C1CC12CCNCC2. The largest absolute Gasteiger partial charge is 0.345 e. The monoisotopic (exact) mass is 406 g/mol. The fraction of sp³-hybridized carbons (Fsp3) is 0.320. The Bertz CT molecular complexity index is 993. The van der Waals surface area contributed by atoms with Gasteiger partial charge in [0.15, 0.2) is 0 Å². The lowest BCUT2D eigenvalue weighted by molar-refractivity contribution is -0.123. The van der Waals surface area contributed by atoms with Crippen molar-refractivity contribution in [2.45, 2.75) is 25.3 Å². The molecule has 1 saturated carbocycles. The van der Waals surface area contributed by atoms with Crippen molar-refractivity contribution in [2.75, 3.05) is 13.1 Å². The zero-order chi connectivity index (χ0) is 19.0. The minimum absolute atomic E-state index is 0. The van der Waals surface area contributed by atoms with Gasteiger partial charge >= 0.3 is 0 Å². The van der Waals surface area contributed by atoms with Crippen molar-refractivity contribution in [2.24, 2.45) is 11.3 Å². The van der Waals surface area contributed by atoms with Gasteiger partial charge in [0.05, 0.1) is 6.04 Å². The number of carbonyl (C=O) groups is 1. The van der Waals surface area contributed by atoms with E-state index in [-0.39, 0.29) is 35.7 Å². The third kappa shape index (κ3) is 3.77. The Morgan fingerprint density at radius 2 is 1.62 bits per heavy atom. The highest BCUT2D eigenvalue weighted by atomic mass is 35.5. The minimum atomic E-state index is -0.126. The molecular formula is C25H27ClN2O. The lowest BCUT2D eigenvalue weighted by Gasteiger charge is -2.25.